The van der Waals surface area contributed by atoms with Crippen molar-refractivity contribution in [3.05, 3.63) is 24.3 Å². The molecule has 0 radical (unpaired) electrons. The van der Waals surface area contributed by atoms with Crippen LogP contribution in [0.3, 0.4) is 0 Å². The molecule has 1 N–H and O–H groups in total. The summed E-state index contributed by atoms with van der Waals surface area (Å²) < 4.78 is 12.3. The second kappa shape index (κ2) is 9.11. The summed E-state index contributed by atoms with van der Waals surface area (Å²) in [5.74, 6) is -2.66. The molecule has 34 heavy (non-hydrogen) atoms. The molecule has 8 nitrogen and oxygen atoms in total. The molecule has 0 aromatic heterocycles. The Balaban J connectivity index is 1.59. The summed E-state index contributed by atoms with van der Waals surface area (Å²) in [7, 11) is 0. The van der Waals surface area contributed by atoms with Gasteiger partial charge in [0, 0.05) is 19.1 Å². The van der Waals surface area contributed by atoms with Crippen LogP contribution in [-0.4, -0.2) is 82.3 Å². The first-order valence-electron chi connectivity index (χ1n) is 12.9. The van der Waals surface area contributed by atoms with Crippen LogP contribution < -0.4 is 0 Å². The fourth-order valence-electron chi connectivity index (χ4n) is 6.88. The molecule has 0 bridgehead atoms. The van der Waals surface area contributed by atoms with Crippen LogP contribution in [0.15, 0.2) is 24.3 Å². The highest BCUT2D eigenvalue weighted by atomic mass is 16.6. The monoisotopic (exact) mass is 472 g/mol. The van der Waals surface area contributed by atoms with E-state index in [1.165, 1.54) is 11.3 Å². The molecule has 8 heteroatoms. The molecule has 5 atom stereocenters. The number of amides is 2. The van der Waals surface area contributed by atoms with E-state index in [4.69, 9.17) is 9.47 Å². The molecule has 5 aliphatic rings. The van der Waals surface area contributed by atoms with Gasteiger partial charge in [-0.3, -0.25) is 14.4 Å². The van der Waals surface area contributed by atoms with Gasteiger partial charge in [-0.1, -0.05) is 43.6 Å². The Labute approximate surface area is 200 Å². The van der Waals surface area contributed by atoms with Crippen molar-refractivity contribution in [3.63, 3.8) is 0 Å². The maximum absolute atomic E-state index is 14.1. The molecular formula is C26H36N2O6. The predicted molar refractivity (Wildman–Crippen MR) is 123 cm³/mol. The van der Waals surface area contributed by atoms with Crippen LogP contribution in [0, 0.1) is 11.8 Å². The van der Waals surface area contributed by atoms with Gasteiger partial charge >= 0.3 is 5.97 Å². The van der Waals surface area contributed by atoms with Crippen LogP contribution in [0.25, 0.3) is 0 Å². The lowest BCUT2D eigenvalue weighted by atomic mass is 9.74. The van der Waals surface area contributed by atoms with Gasteiger partial charge in [0.05, 0.1) is 24.7 Å². The molecule has 0 aromatic rings. The summed E-state index contributed by atoms with van der Waals surface area (Å²) in [4.78, 5) is 44.7. The van der Waals surface area contributed by atoms with Crippen LogP contribution >= 0.6 is 0 Å². The molecule has 186 valence electrons. The Morgan fingerprint density at radius 2 is 1.79 bits per heavy atom. The highest BCUT2D eigenvalue weighted by Gasteiger charge is 2.74. The number of allylic oxidation sites excluding steroid dienone is 1. The minimum absolute atomic E-state index is 0.0253. The molecule has 2 saturated heterocycles. The molecule has 1 saturated carbocycles. The Hall–Kier alpha value is -2.19. The molecule has 1 unspecified atom stereocenters. The number of ether oxygens (including phenoxy) is 2. The van der Waals surface area contributed by atoms with Crippen molar-refractivity contribution in [2.45, 2.75) is 81.6 Å². The number of carbonyl (C=O) groups excluding carboxylic acids is 3. The van der Waals surface area contributed by atoms with Gasteiger partial charge < -0.3 is 24.4 Å². The van der Waals surface area contributed by atoms with Crippen molar-refractivity contribution in [2.75, 3.05) is 26.3 Å². The molecule has 1 spiro atoms. The van der Waals surface area contributed by atoms with Crippen molar-refractivity contribution in [3.8, 4) is 0 Å². The predicted octanol–water partition coefficient (Wildman–Crippen LogP) is 1.96. The second-order valence-electron chi connectivity index (χ2n) is 10.5. The fraction of sp³-hybridized carbons (Fsp3) is 0.731. The zero-order valence-corrected chi connectivity index (χ0v) is 20.0. The second-order valence-corrected chi connectivity index (χ2v) is 10.5. The van der Waals surface area contributed by atoms with Gasteiger partial charge in [0.1, 0.15) is 17.6 Å². The summed E-state index contributed by atoms with van der Waals surface area (Å²) in [6.07, 6.45) is 15.5. The van der Waals surface area contributed by atoms with Crippen molar-refractivity contribution in [2.24, 2.45) is 11.8 Å². The van der Waals surface area contributed by atoms with E-state index >= 15 is 0 Å². The number of rotatable bonds is 3. The van der Waals surface area contributed by atoms with Gasteiger partial charge in [0.25, 0.3) is 0 Å². The van der Waals surface area contributed by atoms with Gasteiger partial charge in [-0.05, 0) is 39.0 Å². The molecule has 2 amide bonds. The highest BCUT2D eigenvalue weighted by Crippen LogP contribution is 2.57. The molecule has 0 aromatic carbocycles. The zero-order chi connectivity index (χ0) is 23.9. The van der Waals surface area contributed by atoms with Crippen LogP contribution in [0.4, 0.5) is 0 Å². The summed E-state index contributed by atoms with van der Waals surface area (Å²) in [5, 5.41) is 9.77. The number of likely N-dealkylation sites (tertiary alicyclic amines) is 1. The Bertz CT molecular complexity index is 896. The first kappa shape index (κ1) is 23.5. The smallest absolute Gasteiger partial charge is 0.313 e. The van der Waals surface area contributed by atoms with Gasteiger partial charge in [-0.25, -0.2) is 0 Å². The van der Waals surface area contributed by atoms with Crippen LogP contribution in [0.5, 0.6) is 0 Å². The van der Waals surface area contributed by atoms with E-state index in [0.717, 1.165) is 44.9 Å². The molecule has 1 aliphatic carbocycles. The standard InChI is InChI=1S/C26H36N2O6/c1-25-12-7-2-3-8-17-33-24(32)20(25)19-22(30)28(15-16-29)21-23(31)27(18-10-5-4-6-11-18)14-9-13-26(19,21)34-25/h7,9,12-13,18-21,29H,2-6,8,10-11,14-17H2,1H3/b12-7-/t19-,20-,21?,25+,26-/m0/s1. The maximum atomic E-state index is 14.1. The van der Waals surface area contributed by atoms with Crippen molar-refractivity contribution >= 4 is 17.8 Å². The lowest BCUT2D eigenvalue weighted by molar-refractivity contribution is -0.160. The first-order chi connectivity index (χ1) is 16.4. The van der Waals surface area contributed by atoms with Gasteiger partial charge in [0.15, 0.2) is 0 Å². The summed E-state index contributed by atoms with van der Waals surface area (Å²) >= 11 is 0. The van der Waals surface area contributed by atoms with E-state index in [-0.39, 0.29) is 31.0 Å². The van der Waals surface area contributed by atoms with Gasteiger partial charge in [-0.2, -0.15) is 0 Å². The third kappa shape index (κ3) is 3.61. The van der Waals surface area contributed by atoms with E-state index in [2.05, 4.69) is 0 Å². The third-order valence-electron chi connectivity index (χ3n) is 8.39. The van der Waals surface area contributed by atoms with Crippen LogP contribution in [0.2, 0.25) is 0 Å². The Morgan fingerprint density at radius 1 is 1.00 bits per heavy atom. The molecule has 4 heterocycles. The minimum atomic E-state index is -1.27. The number of esters is 1. The van der Waals surface area contributed by atoms with Crippen LogP contribution in [0.1, 0.15) is 58.3 Å². The lowest BCUT2D eigenvalue weighted by Gasteiger charge is -2.40. The highest BCUT2D eigenvalue weighted by molar-refractivity contribution is 5.99. The third-order valence-corrected chi connectivity index (χ3v) is 8.39. The SMILES string of the molecule is C[C@@]12/C=C\CCCCOC(=O)[C@@H]1[C@H]1C(=O)N(CCO)C3C(=O)N(C4CCCCC4)CC=C[C@@]31O2. The number of nitrogens with zero attached hydrogens (tertiary/aromatic N) is 2. The fourth-order valence-corrected chi connectivity index (χ4v) is 6.88. The normalized spacial score (nSPS) is 39.8. The molecular weight excluding hydrogens is 436 g/mol. The quantitative estimate of drug-likeness (QED) is 0.498. The molecule has 4 aliphatic heterocycles. The van der Waals surface area contributed by atoms with Gasteiger partial charge in [0.2, 0.25) is 11.8 Å². The summed E-state index contributed by atoms with van der Waals surface area (Å²) in [6, 6.07) is -0.776. The van der Waals surface area contributed by atoms with Crippen molar-refractivity contribution < 1.29 is 29.0 Å². The van der Waals surface area contributed by atoms with Crippen molar-refractivity contribution in [1.82, 2.24) is 9.80 Å². The number of hydrogen-bond donors (Lipinski definition) is 1. The number of aliphatic hydroxyl groups is 1. The topological polar surface area (TPSA) is 96.4 Å². The minimum Gasteiger partial charge on any atom is -0.465 e. The maximum Gasteiger partial charge on any atom is 0.313 e. The molecule has 5 rings (SSSR count). The van der Waals surface area contributed by atoms with E-state index in [0.29, 0.717) is 13.2 Å². The number of cyclic esters (lactones) is 1. The van der Waals surface area contributed by atoms with Gasteiger partial charge in [-0.15, -0.1) is 0 Å². The van der Waals surface area contributed by atoms with Crippen LogP contribution in [-0.2, 0) is 23.9 Å². The Kier molecular flexibility index (Phi) is 6.31. The number of β-amino-alcohol motifs (C(OH)–C–C–N with tert-alkyl or cyclic N) is 1. The average molecular weight is 473 g/mol. The first-order valence-corrected chi connectivity index (χ1v) is 12.9. The zero-order valence-electron chi connectivity index (χ0n) is 20.0. The lowest BCUT2D eigenvalue weighted by Crippen LogP contribution is -2.58. The Morgan fingerprint density at radius 3 is 2.56 bits per heavy atom. The number of fused-ring (bicyclic) bond motifs is 2. The van der Waals surface area contributed by atoms with E-state index in [1.54, 1.807) is 0 Å². The summed E-state index contributed by atoms with van der Waals surface area (Å²) in [6.45, 7) is 2.35. The number of carbonyl (C=O) groups is 3. The number of hydrogen-bond acceptors (Lipinski definition) is 6. The average Bonchev–Trinajstić information content (AvgIpc) is 3.14. The van der Waals surface area contributed by atoms with E-state index < -0.39 is 35.0 Å². The van der Waals surface area contributed by atoms with E-state index in [1.807, 2.05) is 36.1 Å². The number of aliphatic hydroxyl groups excluding tert-OH is 1. The van der Waals surface area contributed by atoms with E-state index in [9.17, 15) is 19.5 Å². The summed E-state index contributed by atoms with van der Waals surface area (Å²) in [5.41, 5.74) is -2.34. The molecule has 3 fully saturated rings. The largest absolute Gasteiger partial charge is 0.465 e. The van der Waals surface area contributed by atoms with Crippen molar-refractivity contribution in [1.29, 1.82) is 0 Å².